The highest BCUT2D eigenvalue weighted by molar-refractivity contribution is 7.17. The molecule has 20 heavy (non-hydrogen) atoms. The average Bonchev–Trinajstić information content (AvgIpc) is 2.85. The number of ether oxygens (including phenoxy) is 1. The molecule has 0 aromatic carbocycles. The maximum absolute atomic E-state index is 11.5. The first-order chi connectivity index (χ1) is 9.49. The van der Waals surface area contributed by atoms with Crippen molar-refractivity contribution in [3.63, 3.8) is 0 Å². The molecular formula is C13H18N2O4S. The second-order valence-corrected chi connectivity index (χ2v) is 5.88. The number of hydrogen-bond donors (Lipinski definition) is 1. The molecule has 0 amide bonds. The van der Waals surface area contributed by atoms with Gasteiger partial charge in [0.05, 0.1) is 6.10 Å². The van der Waals surface area contributed by atoms with E-state index >= 15 is 0 Å². The number of rotatable bonds is 5. The predicted molar refractivity (Wildman–Crippen MR) is 75.9 cm³/mol. The summed E-state index contributed by atoms with van der Waals surface area (Å²) < 4.78 is 5.65. The second-order valence-electron chi connectivity index (χ2n) is 4.90. The Morgan fingerprint density at radius 1 is 1.50 bits per heavy atom. The van der Waals surface area contributed by atoms with Gasteiger partial charge in [-0.1, -0.05) is 11.3 Å². The van der Waals surface area contributed by atoms with Gasteiger partial charge in [-0.25, -0.2) is 9.78 Å². The molecule has 2 rings (SSSR count). The van der Waals surface area contributed by atoms with Gasteiger partial charge in [0.1, 0.15) is 4.88 Å². The van der Waals surface area contributed by atoms with Crippen molar-refractivity contribution in [3.05, 3.63) is 10.6 Å². The van der Waals surface area contributed by atoms with E-state index in [-0.39, 0.29) is 22.5 Å². The maximum atomic E-state index is 11.5. The summed E-state index contributed by atoms with van der Waals surface area (Å²) in [6.07, 6.45) is 3.39. The van der Waals surface area contributed by atoms with Crippen LogP contribution in [0.15, 0.2) is 0 Å². The number of carboxylic acid groups (broad SMARTS) is 1. The Morgan fingerprint density at radius 3 is 2.75 bits per heavy atom. The number of anilines is 1. The van der Waals surface area contributed by atoms with Crippen LogP contribution < -0.4 is 4.90 Å². The van der Waals surface area contributed by atoms with Crippen LogP contribution in [0.3, 0.4) is 0 Å². The number of aromatic carboxylic acids is 1. The Labute approximate surface area is 121 Å². The van der Waals surface area contributed by atoms with Crippen LogP contribution in [0.4, 0.5) is 5.13 Å². The molecule has 6 nitrogen and oxygen atoms in total. The number of carbonyl (C=O) groups excluding carboxylic acids is 1. The van der Waals surface area contributed by atoms with Crippen LogP contribution in [0.25, 0.3) is 0 Å². The van der Waals surface area contributed by atoms with Crippen molar-refractivity contribution >= 4 is 28.2 Å². The van der Waals surface area contributed by atoms with Crippen molar-refractivity contribution < 1.29 is 19.4 Å². The summed E-state index contributed by atoms with van der Waals surface area (Å²) in [6, 6.07) is 0. The Kier molecular flexibility index (Phi) is 4.72. The number of aromatic nitrogens is 1. The van der Waals surface area contributed by atoms with Gasteiger partial charge in [-0.15, -0.1) is 0 Å². The Morgan fingerprint density at radius 2 is 2.25 bits per heavy atom. The number of carboxylic acids is 1. The SMILES string of the molecule is CC(=O)c1sc(N(C)CC2CCCCO2)nc1C(=O)O. The monoisotopic (exact) mass is 298 g/mol. The summed E-state index contributed by atoms with van der Waals surface area (Å²) in [5.41, 5.74) is -0.158. The number of Topliss-reactive ketones (excluding diaryl/α,β-unsaturated/α-hetero) is 1. The first-order valence-corrected chi connectivity index (χ1v) is 7.38. The summed E-state index contributed by atoms with van der Waals surface area (Å²) >= 11 is 1.12. The molecule has 0 aliphatic carbocycles. The highest BCUT2D eigenvalue weighted by Crippen LogP contribution is 2.27. The molecule has 1 aliphatic heterocycles. The molecule has 1 aromatic heterocycles. The van der Waals surface area contributed by atoms with Gasteiger partial charge in [-0.05, 0) is 19.3 Å². The fourth-order valence-electron chi connectivity index (χ4n) is 2.19. The molecule has 1 unspecified atom stereocenters. The minimum Gasteiger partial charge on any atom is -0.476 e. The smallest absolute Gasteiger partial charge is 0.356 e. The van der Waals surface area contributed by atoms with E-state index < -0.39 is 5.97 Å². The normalized spacial score (nSPS) is 18.8. The minimum atomic E-state index is -1.17. The van der Waals surface area contributed by atoms with E-state index in [2.05, 4.69) is 4.98 Å². The molecular weight excluding hydrogens is 280 g/mol. The molecule has 0 spiro atoms. The topological polar surface area (TPSA) is 79.7 Å². The lowest BCUT2D eigenvalue weighted by atomic mass is 10.1. The van der Waals surface area contributed by atoms with Gasteiger partial charge in [0, 0.05) is 27.1 Å². The average molecular weight is 298 g/mol. The third kappa shape index (κ3) is 3.34. The third-order valence-corrected chi connectivity index (χ3v) is 4.49. The zero-order chi connectivity index (χ0) is 14.7. The number of hydrogen-bond acceptors (Lipinski definition) is 6. The summed E-state index contributed by atoms with van der Waals surface area (Å²) in [4.78, 5) is 28.7. The van der Waals surface area contributed by atoms with Gasteiger partial charge >= 0.3 is 5.97 Å². The molecule has 1 aliphatic rings. The van der Waals surface area contributed by atoms with Crippen LogP contribution in [-0.2, 0) is 4.74 Å². The van der Waals surface area contributed by atoms with Crippen LogP contribution in [0.1, 0.15) is 46.3 Å². The molecule has 1 fully saturated rings. The van der Waals surface area contributed by atoms with Crippen LogP contribution in [-0.4, -0.2) is 48.1 Å². The fraction of sp³-hybridized carbons (Fsp3) is 0.615. The summed E-state index contributed by atoms with van der Waals surface area (Å²) in [6.45, 7) is 2.79. The number of ketones is 1. The quantitative estimate of drug-likeness (QED) is 0.838. The Balaban J connectivity index is 2.13. The number of nitrogens with zero attached hydrogens (tertiary/aromatic N) is 2. The molecule has 1 N–H and O–H groups in total. The molecule has 0 saturated carbocycles. The molecule has 1 saturated heterocycles. The molecule has 1 atom stereocenters. The van der Waals surface area contributed by atoms with Crippen molar-refractivity contribution in [2.24, 2.45) is 0 Å². The standard InChI is InChI=1S/C13H18N2O4S/c1-8(16)11-10(12(17)18)14-13(20-11)15(2)7-9-5-3-4-6-19-9/h9H,3-7H2,1-2H3,(H,17,18). The van der Waals surface area contributed by atoms with Gasteiger partial charge in [-0.2, -0.15) is 0 Å². The maximum Gasteiger partial charge on any atom is 0.356 e. The Bertz CT molecular complexity index is 477. The van der Waals surface area contributed by atoms with E-state index in [4.69, 9.17) is 9.84 Å². The molecule has 0 radical (unpaired) electrons. The highest BCUT2D eigenvalue weighted by Gasteiger charge is 2.24. The summed E-state index contributed by atoms with van der Waals surface area (Å²) in [5.74, 6) is -1.44. The first kappa shape index (κ1) is 14.9. The van der Waals surface area contributed by atoms with Crippen molar-refractivity contribution in [2.45, 2.75) is 32.3 Å². The van der Waals surface area contributed by atoms with Crippen LogP contribution in [0, 0.1) is 0 Å². The van der Waals surface area contributed by atoms with Crippen LogP contribution in [0.5, 0.6) is 0 Å². The van der Waals surface area contributed by atoms with E-state index in [0.29, 0.717) is 11.7 Å². The van der Waals surface area contributed by atoms with Gasteiger partial charge in [0.15, 0.2) is 16.6 Å². The van der Waals surface area contributed by atoms with Crippen molar-refractivity contribution in [1.82, 2.24) is 4.98 Å². The predicted octanol–water partition coefficient (Wildman–Crippen LogP) is 2.05. The second kappa shape index (κ2) is 6.32. The van der Waals surface area contributed by atoms with Gasteiger partial charge in [-0.3, -0.25) is 4.79 Å². The number of carbonyl (C=O) groups is 2. The van der Waals surface area contributed by atoms with Gasteiger partial charge < -0.3 is 14.7 Å². The molecule has 7 heteroatoms. The molecule has 1 aromatic rings. The summed E-state index contributed by atoms with van der Waals surface area (Å²) in [5, 5.41) is 9.62. The van der Waals surface area contributed by atoms with Crippen molar-refractivity contribution in [1.29, 1.82) is 0 Å². The Hall–Kier alpha value is -1.47. The summed E-state index contributed by atoms with van der Waals surface area (Å²) in [7, 11) is 1.84. The zero-order valence-corrected chi connectivity index (χ0v) is 12.4. The van der Waals surface area contributed by atoms with E-state index in [9.17, 15) is 9.59 Å². The third-order valence-electron chi connectivity index (χ3n) is 3.22. The molecule has 110 valence electrons. The highest BCUT2D eigenvalue weighted by atomic mass is 32.1. The lowest BCUT2D eigenvalue weighted by Gasteiger charge is -2.27. The minimum absolute atomic E-state index is 0.145. The van der Waals surface area contributed by atoms with Crippen LogP contribution in [0.2, 0.25) is 0 Å². The molecule has 2 heterocycles. The van der Waals surface area contributed by atoms with Crippen molar-refractivity contribution in [3.8, 4) is 0 Å². The van der Waals surface area contributed by atoms with Crippen LogP contribution >= 0.6 is 11.3 Å². The molecule has 0 bridgehead atoms. The van der Waals surface area contributed by atoms with E-state index in [1.165, 1.54) is 6.92 Å². The number of thiazole rings is 1. The lowest BCUT2D eigenvalue weighted by molar-refractivity contribution is 0.0216. The largest absolute Gasteiger partial charge is 0.476 e. The van der Waals surface area contributed by atoms with E-state index in [0.717, 1.165) is 37.2 Å². The fourth-order valence-corrected chi connectivity index (χ4v) is 3.11. The number of likely N-dealkylation sites (N-methyl/N-ethyl adjacent to an activating group) is 1. The van der Waals surface area contributed by atoms with Crippen molar-refractivity contribution in [2.75, 3.05) is 25.1 Å². The first-order valence-electron chi connectivity index (χ1n) is 6.57. The lowest BCUT2D eigenvalue weighted by Crippen LogP contribution is -2.33. The zero-order valence-electron chi connectivity index (χ0n) is 11.6. The van der Waals surface area contributed by atoms with Gasteiger partial charge in [0.25, 0.3) is 0 Å². The van der Waals surface area contributed by atoms with E-state index in [1.807, 2.05) is 11.9 Å². The van der Waals surface area contributed by atoms with E-state index in [1.54, 1.807) is 0 Å². The van der Waals surface area contributed by atoms with Gasteiger partial charge in [0.2, 0.25) is 0 Å².